The molecule has 182 valence electrons. The minimum absolute atomic E-state index is 0.0568. The molecule has 11 nitrogen and oxygen atoms in total. The monoisotopic (exact) mass is 476 g/mol. The Morgan fingerprint density at radius 1 is 0.971 bits per heavy atom. The van der Waals surface area contributed by atoms with Gasteiger partial charge in [0.05, 0.1) is 23.8 Å². The predicted molar refractivity (Wildman–Crippen MR) is 112 cm³/mol. The van der Waals surface area contributed by atoms with Crippen LogP contribution in [-0.4, -0.2) is 84.6 Å². The molecule has 6 atom stereocenters. The highest BCUT2D eigenvalue weighted by molar-refractivity contribution is 6.16. The van der Waals surface area contributed by atoms with Gasteiger partial charge in [0.1, 0.15) is 48.3 Å². The van der Waals surface area contributed by atoms with E-state index in [1.54, 1.807) is 0 Å². The van der Waals surface area contributed by atoms with E-state index in [0.717, 1.165) is 19.1 Å². The first-order valence-electron chi connectivity index (χ1n) is 10.5. The number of aliphatic hydroxyl groups is 4. The number of aliphatic hydroxyl groups excluding tert-OH is 4. The molecule has 0 amide bonds. The van der Waals surface area contributed by atoms with Crippen LogP contribution in [0.1, 0.15) is 45.5 Å². The van der Waals surface area contributed by atoms with Crippen LogP contribution in [0.3, 0.4) is 0 Å². The zero-order valence-electron chi connectivity index (χ0n) is 18.0. The van der Waals surface area contributed by atoms with E-state index in [2.05, 4.69) is 0 Å². The Bertz CT molecular complexity index is 1140. The predicted octanol–water partition coefficient (Wildman–Crippen LogP) is -0.615. The van der Waals surface area contributed by atoms with Crippen LogP contribution in [0.4, 0.5) is 0 Å². The molecule has 34 heavy (non-hydrogen) atoms. The Labute approximate surface area is 193 Å². The van der Waals surface area contributed by atoms with Crippen LogP contribution in [0.25, 0.3) is 0 Å². The number of ether oxygens (including phenoxy) is 2. The summed E-state index contributed by atoms with van der Waals surface area (Å²) in [7, 11) is 0. The van der Waals surface area contributed by atoms with Gasteiger partial charge < -0.3 is 45.2 Å². The topological polar surface area (TPSA) is 194 Å². The molecule has 0 aromatic heterocycles. The molecular formula is C23H24O11. The fourth-order valence-electron chi connectivity index (χ4n) is 4.66. The van der Waals surface area contributed by atoms with Crippen molar-refractivity contribution < 1.29 is 54.8 Å². The largest absolute Gasteiger partial charge is 0.508 e. The first-order valence-corrected chi connectivity index (χ1v) is 10.5. The van der Waals surface area contributed by atoms with Crippen molar-refractivity contribution in [3.05, 3.63) is 52.1 Å². The van der Waals surface area contributed by atoms with E-state index >= 15 is 0 Å². The first kappa shape index (κ1) is 23.9. The van der Waals surface area contributed by atoms with Gasteiger partial charge in [-0.3, -0.25) is 9.59 Å². The van der Waals surface area contributed by atoms with Gasteiger partial charge in [0, 0.05) is 18.4 Å². The molecule has 11 heteroatoms. The molecule has 0 spiro atoms. The third kappa shape index (κ3) is 3.77. The summed E-state index contributed by atoms with van der Waals surface area (Å²) < 4.78 is 10.7. The van der Waals surface area contributed by atoms with Gasteiger partial charge in [-0.2, -0.15) is 0 Å². The van der Waals surface area contributed by atoms with E-state index in [4.69, 9.17) is 9.47 Å². The molecule has 0 unspecified atom stereocenters. The van der Waals surface area contributed by atoms with Crippen molar-refractivity contribution in [1.29, 1.82) is 0 Å². The molecular weight excluding hydrogens is 452 g/mol. The number of phenols is 3. The second kappa shape index (κ2) is 8.85. The highest BCUT2D eigenvalue weighted by Gasteiger charge is 2.51. The summed E-state index contributed by atoms with van der Waals surface area (Å²) in [5.74, 6) is -4.16. The summed E-state index contributed by atoms with van der Waals surface area (Å²) >= 11 is 0. The molecule has 1 saturated heterocycles. The molecule has 2 aliphatic rings. The number of aromatic hydroxyl groups is 3. The van der Waals surface area contributed by atoms with Gasteiger partial charge in [-0.25, -0.2) is 0 Å². The molecule has 2 aromatic carbocycles. The fraction of sp³-hybridized carbons (Fsp3) is 0.391. The Kier molecular flexibility index (Phi) is 6.23. The number of carbonyl (C=O) groups is 2. The summed E-state index contributed by atoms with van der Waals surface area (Å²) in [6.07, 6.45) is -7.89. The molecule has 1 aliphatic heterocycles. The Morgan fingerprint density at radius 2 is 1.65 bits per heavy atom. The van der Waals surface area contributed by atoms with Crippen LogP contribution < -0.4 is 0 Å². The number of fused-ring (bicyclic) bond motifs is 2. The normalized spacial score (nSPS) is 28.2. The average molecular weight is 476 g/mol. The summed E-state index contributed by atoms with van der Waals surface area (Å²) in [6.45, 7) is 0.165. The first-order chi connectivity index (χ1) is 16.1. The Morgan fingerprint density at radius 3 is 2.29 bits per heavy atom. The highest BCUT2D eigenvalue weighted by Crippen LogP contribution is 2.50. The number of phenolic OH excluding ortho intramolecular Hbond substituents is 3. The number of ketones is 1. The summed E-state index contributed by atoms with van der Waals surface area (Å²) in [6, 6.07) is 4.76. The number of hydrogen-bond acceptors (Lipinski definition) is 11. The van der Waals surface area contributed by atoms with Crippen molar-refractivity contribution in [2.24, 2.45) is 0 Å². The lowest BCUT2D eigenvalue weighted by atomic mass is 9.71. The van der Waals surface area contributed by atoms with Gasteiger partial charge >= 0.3 is 5.97 Å². The van der Waals surface area contributed by atoms with Crippen LogP contribution in [0.5, 0.6) is 17.2 Å². The quantitative estimate of drug-likeness (QED) is 0.220. The molecule has 0 bridgehead atoms. The van der Waals surface area contributed by atoms with Gasteiger partial charge in [-0.05, 0) is 29.3 Å². The van der Waals surface area contributed by atoms with E-state index in [1.165, 1.54) is 12.1 Å². The molecule has 0 saturated carbocycles. The standard InChI is InChI=1S/C23H24O11/c1-8(25)33-7-14-19(29)21(31)22(32)23(34-14)16-10-4-9(6-24)5-13(28)15(10)20(30)18-12(27)3-2-11(26)17(16)18/h2-5,14,16,19,21-24,26-29,31-32H,6-7H2,1H3/t14-,16-,19-,21+,22-,23-/m1/s1. The van der Waals surface area contributed by atoms with Crippen LogP contribution in [0, 0.1) is 0 Å². The maximum atomic E-state index is 13.2. The zero-order valence-corrected chi connectivity index (χ0v) is 18.0. The van der Waals surface area contributed by atoms with Gasteiger partial charge in [0.25, 0.3) is 0 Å². The van der Waals surface area contributed by atoms with Crippen molar-refractivity contribution in [2.75, 3.05) is 6.61 Å². The van der Waals surface area contributed by atoms with E-state index in [1.807, 2.05) is 0 Å². The van der Waals surface area contributed by atoms with E-state index in [9.17, 15) is 45.3 Å². The van der Waals surface area contributed by atoms with Gasteiger partial charge in [-0.15, -0.1) is 0 Å². The lowest BCUT2D eigenvalue weighted by Crippen LogP contribution is -2.60. The average Bonchev–Trinajstić information content (AvgIpc) is 2.79. The molecule has 1 aliphatic carbocycles. The SMILES string of the molecule is CC(=O)OC[C@H]1O[C@H]([C@@H]2c3cc(CO)cc(O)c3C(=O)c3c(O)ccc(O)c32)[C@H](O)[C@@H](O)[C@@H]1O. The van der Waals surface area contributed by atoms with E-state index < -0.39 is 78.7 Å². The van der Waals surface area contributed by atoms with Crippen molar-refractivity contribution >= 4 is 11.8 Å². The van der Waals surface area contributed by atoms with Crippen LogP contribution >= 0.6 is 0 Å². The van der Waals surface area contributed by atoms with Crippen molar-refractivity contribution in [1.82, 2.24) is 0 Å². The second-order valence-corrected chi connectivity index (χ2v) is 8.35. The lowest BCUT2D eigenvalue weighted by molar-refractivity contribution is -0.234. The van der Waals surface area contributed by atoms with Crippen LogP contribution in [0.2, 0.25) is 0 Å². The van der Waals surface area contributed by atoms with Crippen molar-refractivity contribution in [3.8, 4) is 17.2 Å². The number of hydrogen-bond donors (Lipinski definition) is 7. The van der Waals surface area contributed by atoms with Crippen LogP contribution in [-0.2, 0) is 20.9 Å². The van der Waals surface area contributed by atoms with Crippen molar-refractivity contribution in [3.63, 3.8) is 0 Å². The Hall–Kier alpha value is -3.22. The molecule has 2 aromatic rings. The van der Waals surface area contributed by atoms with Crippen molar-refractivity contribution in [2.45, 2.75) is 50.0 Å². The summed E-state index contributed by atoms with van der Waals surface area (Å²) in [5.41, 5.74) is -0.451. The summed E-state index contributed by atoms with van der Waals surface area (Å²) in [4.78, 5) is 24.5. The maximum Gasteiger partial charge on any atom is 0.302 e. The minimum atomic E-state index is -1.77. The molecule has 0 radical (unpaired) electrons. The minimum Gasteiger partial charge on any atom is -0.508 e. The molecule has 1 fully saturated rings. The lowest BCUT2D eigenvalue weighted by Gasteiger charge is -2.45. The van der Waals surface area contributed by atoms with E-state index in [-0.39, 0.29) is 27.8 Å². The maximum absolute atomic E-state index is 13.2. The fourth-order valence-corrected chi connectivity index (χ4v) is 4.66. The highest BCUT2D eigenvalue weighted by atomic mass is 16.6. The smallest absolute Gasteiger partial charge is 0.302 e. The third-order valence-corrected chi connectivity index (χ3v) is 6.22. The van der Waals surface area contributed by atoms with E-state index in [0.29, 0.717) is 0 Å². The van der Waals surface area contributed by atoms with Crippen LogP contribution in [0.15, 0.2) is 24.3 Å². The zero-order chi connectivity index (χ0) is 24.9. The van der Waals surface area contributed by atoms with Gasteiger partial charge in [0.15, 0.2) is 0 Å². The molecule has 4 rings (SSSR count). The summed E-state index contributed by atoms with van der Waals surface area (Å²) in [5, 5.41) is 73.0. The molecule has 1 heterocycles. The van der Waals surface area contributed by atoms with Gasteiger partial charge in [0.2, 0.25) is 5.78 Å². The third-order valence-electron chi connectivity index (χ3n) is 6.22. The number of esters is 1. The number of benzene rings is 2. The van der Waals surface area contributed by atoms with Gasteiger partial charge in [-0.1, -0.05) is 6.07 Å². The second-order valence-electron chi connectivity index (χ2n) is 8.35. The number of rotatable bonds is 4. The Balaban J connectivity index is 1.93. The number of carbonyl (C=O) groups excluding carboxylic acids is 2. The molecule has 7 N–H and O–H groups in total.